The summed E-state index contributed by atoms with van der Waals surface area (Å²) in [7, 11) is 0. The first-order chi connectivity index (χ1) is 6.54. The van der Waals surface area contributed by atoms with Crippen LogP contribution in [0.2, 0.25) is 0 Å². The summed E-state index contributed by atoms with van der Waals surface area (Å²) in [5.74, 6) is -0.480. The molecule has 0 bridgehead atoms. The molecule has 1 aromatic rings. The molecular formula is C10H13N3O. The van der Waals surface area contributed by atoms with E-state index in [1.165, 1.54) is 6.92 Å². The molecule has 0 aromatic heterocycles. The fraction of sp³-hybridized carbons (Fsp3) is 0.200. The summed E-state index contributed by atoms with van der Waals surface area (Å²) in [6.45, 7) is 3.27. The molecule has 14 heavy (non-hydrogen) atoms. The average molecular weight is 191 g/mol. The van der Waals surface area contributed by atoms with Gasteiger partial charge in [0.05, 0.1) is 11.6 Å². The molecule has 0 spiro atoms. The van der Waals surface area contributed by atoms with Gasteiger partial charge in [0.25, 0.3) is 5.91 Å². The van der Waals surface area contributed by atoms with Gasteiger partial charge in [-0.25, -0.2) is 0 Å². The molecule has 0 aliphatic carbocycles. The van der Waals surface area contributed by atoms with Crippen LogP contribution in [0.5, 0.6) is 0 Å². The average Bonchev–Trinajstić information content (AvgIpc) is 2.10. The van der Waals surface area contributed by atoms with Crippen LogP contribution in [0.1, 0.15) is 22.8 Å². The summed E-state index contributed by atoms with van der Waals surface area (Å²) in [6.07, 6.45) is 0. The Hall–Kier alpha value is -2.02. The highest BCUT2D eigenvalue weighted by atomic mass is 16.1. The van der Waals surface area contributed by atoms with E-state index in [0.29, 0.717) is 11.3 Å². The van der Waals surface area contributed by atoms with Crippen LogP contribution in [-0.2, 0) is 0 Å². The number of anilines is 1. The third-order valence-corrected chi connectivity index (χ3v) is 1.59. The molecule has 1 aromatic carbocycles. The summed E-state index contributed by atoms with van der Waals surface area (Å²) in [6, 6.07) is 6.96. The number of primary amides is 1. The number of nitriles is 1. The molecular weight excluding hydrogens is 178 g/mol. The molecule has 0 saturated carbocycles. The van der Waals surface area contributed by atoms with Crippen molar-refractivity contribution in [2.24, 2.45) is 5.73 Å². The minimum Gasteiger partial charge on any atom is -0.398 e. The molecule has 4 N–H and O–H groups in total. The second kappa shape index (κ2) is 5.60. The predicted octanol–water partition coefficient (Wildman–Crippen LogP) is 1.21. The predicted molar refractivity (Wildman–Crippen MR) is 55.4 cm³/mol. The van der Waals surface area contributed by atoms with Crippen LogP contribution in [-0.4, -0.2) is 5.91 Å². The summed E-state index contributed by atoms with van der Waals surface area (Å²) in [4.78, 5) is 10.7. The zero-order valence-corrected chi connectivity index (χ0v) is 8.24. The fourth-order valence-corrected chi connectivity index (χ4v) is 0.896. The number of rotatable bonds is 1. The molecule has 0 unspecified atom stereocenters. The van der Waals surface area contributed by atoms with Crippen LogP contribution in [0.15, 0.2) is 18.2 Å². The van der Waals surface area contributed by atoms with E-state index in [4.69, 9.17) is 16.7 Å². The number of nitrogens with two attached hydrogens (primary N) is 2. The van der Waals surface area contributed by atoms with Crippen molar-refractivity contribution in [2.75, 3.05) is 5.73 Å². The SMILES string of the molecule is CC#N.Cc1cccc(C(N)=O)c1N. The van der Waals surface area contributed by atoms with Gasteiger partial charge in [0.2, 0.25) is 0 Å². The number of para-hydroxylation sites is 1. The fourth-order valence-electron chi connectivity index (χ4n) is 0.896. The van der Waals surface area contributed by atoms with E-state index in [-0.39, 0.29) is 0 Å². The van der Waals surface area contributed by atoms with Gasteiger partial charge in [0.1, 0.15) is 0 Å². The Labute approximate surface area is 83.1 Å². The number of carbonyl (C=O) groups is 1. The largest absolute Gasteiger partial charge is 0.398 e. The first-order valence-electron chi connectivity index (χ1n) is 4.00. The maximum absolute atomic E-state index is 10.7. The van der Waals surface area contributed by atoms with Gasteiger partial charge in [-0.1, -0.05) is 12.1 Å². The van der Waals surface area contributed by atoms with Gasteiger partial charge in [-0.15, -0.1) is 0 Å². The van der Waals surface area contributed by atoms with Crippen molar-refractivity contribution < 1.29 is 4.79 Å². The van der Waals surface area contributed by atoms with Crippen molar-refractivity contribution in [3.63, 3.8) is 0 Å². The summed E-state index contributed by atoms with van der Waals surface area (Å²) >= 11 is 0. The molecule has 0 atom stereocenters. The van der Waals surface area contributed by atoms with E-state index in [1.54, 1.807) is 18.2 Å². The molecule has 0 radical (unpaired) electrons. The van der Waals surface area contributed by atoms with Crippen LogP contribution < -0.4 is 11.5 Å². The monoisotopic (exact) mass is 191 g/mol. The van der Waals surface area contributed by atoms with Crippen molar-refractivity contribution in [3.05, 3.63) is 29.3 Å². The summed E-state index contributed by atoms with van der Waals surface area (Å²) < 4.78 is 0. The minimum absolute atomic E-state index is 0.394. The van der Waals surface area contributed by atoms with Crippen LogP contribution >= 0.6 is 0 Å². The lowest BCUT2D eigenvalue weighted by atomic mass is 10.1. The molecule has 4 nitrogen and oxygen atoms in total. The quantitative estimate of drug-likeness (QED) is 0.653. The smallest absolute Gasteiger partial charge is 0.250 e. The molecule has 0 fully saturated rings. The number of nitrogen functional groups attached to an aromatic ring is 1. The lowest BCUT2D eigenvalue weighted by Gasteiger charge is -2.02. The number of hydrogen-bond donors (Lipinski definition) is 2. The molecule has 1 amide bonds. The van der Waals surface area contributed by atoms with E-state index < -0.39 is 5.91 Å². The Balaban J connectivity index is 0.000000500. The van der Waals surface area contributed by atoms with Gasteiger partial charge in [0, 0.05) is 12.6 Å². The number of aryl methyl sites for hydroxylation is 1. The number of amides is 1. The lowest BCUT2D eigenvalue weighted by molar-refractivity contribution is 0.100. The maximum Gasteiger partial charge on any atom is 0.250 e. The third kappa shape index (κ3) is 3.15. The Morgan fingerprint density at radius 1 is 1.50 bits per heavy atom. The summed E-state index contributed by atoms with van der Waals surface area (Å²) in [5, 5.41) is 7.32. The van der Waals surface area contributed by atoms with Gasteiger partial charge in [-0.05, 0) is 18.6 Å². The van der Waals surface area contributed by atoms with Crippen molar-refractivity contribution in [1.29, 1.82) is 5.26 Å². The van der Waals surface area contributed by atoms with Gasteiger partial charge in [-0.2, -0.15) is 5.26 Å². The van der Waals surface area contributed by atoms with Crippen LogP contribution in [0, 0.1) is 18.3 Å². The van der Waals surface area contributed by atoms with E-state index in [1.807, 2.05) is 13.0 Å². The van der Waals surface area contributed by atoms with E-state index >= 15 is 0 Å². The highest BCUT2D eigenvalue weighted by Crippen LogP contribution is 2.14. The lowest BCUT2D eigenvalue weighted by Crippen LogP contribution is -2.13. The number of hydrogen-bond acceptors (Lipinski definition) is 3. The Morgan fingerprint density at radius 2 is 2.00 bits per heavy atom. The number of benzene rings is 1. The van der Waals surface area contributed by atoms with E-state index in [0.717, 1.165) is 5.56 Å². The van der Waals surface area contributed by atoms with Crippen molar-refractivity contribution >= 4 is 11.6 Å². The normalized spacial score (nSPS) is 8.07. The highest BCUT2D eigenvalue weighted by Gasteiger charge is 2.05. The van der Waals surface area contributed by atoms with Crippen molar-refractivity contribution in [1.82, 2.24) is 0 Å². The van der Waals surface area contributed by atoms with Crippen LogP contribution in [0.4, 0.5) is 5.69 Å². The second-order valence-electron chi connectivity index (χ2n) is 2.62. The van der Waals surface area contributed by atoms with Gasteiger partial charge in [-0.3, -0.25) is 4.79 Å². The molecule has 0 aliphatic rings. The maximum atomic E-state index is 10.7. The topological polar surface area (TPSA) is 92.9 Å². The number of carbonyl (C=O) groups excluding carboxylic acids is 1. The summed E-state index contributed by atoms with van der Waals surface area (Å²) in [5.41, 5.74) is 12.4. The Bertz CT molecular complexity index is 366. The molecule has 1 rings (SSSR count). The van der Waals surface area contributed by atoms with Crippen LogP contribution in [0.25, 0.3) is 0 Å². The van der Waals surface area contributed by atoms with Crippen molar-refractivity contribution in [2.45, 2.75) is 13.8 Å². The minimum atomic E-state index is -0.480. The van der Waals surface area contributed by atoms with Gasteiger partial charge >= 0.3 is 0 Å². The van der Waals surface area contributed by atoms with E-state index in [2.05, 4.69) is 0 Å². The van der Waals surface area contributed by atoms with Crippen LogP contribution in [0.3, 0.4) is 0 Å². The highest BCUT2D eigenvalue weighted by molar-refractivity contribution is 5.98. The first kappa shape index (κ1) is 12.0. The molecule has 74 valence electrons. The second-order valence-corrected chi connectivity index (χ2v) is 2.62. The standard InChI is InChI=1S/C8H10N2O.C2H3N/c1-5-3-2-4-6(7(5)9)8(10)11;1-2-3/h2-4H,9H2,1H3,(H2,10,11);1H3. The van der Waals surface area contributed by atoms with Gasteiger partial charge in [0.15, 0.2) is 0 Å². The third-order valence-electron chi connectivity index (χ3n) is 1.59. The van der Waals surface area contributed by atoms with Crippen molar-refractivity contribution in [3.8, 4) is 6.07 Å². The number of nitrogens with zero attached hydrogens (tertiary/aromatic N) is 1. The molecule has 0 aliphatic heterocycles. The zero-order valence-electron chi connectivity index (χ0n) is 8.24. The van der Waals surface area contributed by atoms with E-state index in [9.17, 15) is 4.79 Å². The molecule has 0 saturated heterocycles. The zero-order chi connectivity index (χ0) is 11.1. The molecule has 4 heteroatoms. The Kier molecular flexibility index (Phi) is 4.79. The van der Waals surface area contributed by atoms with Gasteiger partial charge < -0.3 is 11.5 Å². The first-order valence-corrected chi connectivity index (χ1v) is 4.00. The molecule has 0 heterocycles. The Morgan fingerprint density at radius 3 is 2.36 bits per heavy atom.